The fraction of sp³-hybridized carbons (Fsp3) is 0.353. The third kappa shape index (κ3) is 4.39. The molecule has 0 bridgehead atoms. The van der Waals surface area contributed by atoms with E-state index in [-0.39, 0.29) is 5.54 Å². The van der Waals surface area contributed by atoms with Crippen LogP contribution in [0.2, 0.25) is 0 Å². The predicted octanol–water partition coefficient (Wildman–Crippen LogP) is 4.53. The molecule has 0 amide bonds. The highest BCUT2D eigenvalue weighted by Gasteiger charge is 2.13. The van der Waals surface area contributed by atoms with Gasteiger partial charge in [0.25, 0.3) is 0 Å². The summed E-state index contributed by atoms with van der Waals surface area (Å²) >= 11 is 1.79. The van der Waals surface area contributed by atoms with Gasteiger partial charge in [-0.1, -0.05) is 18.2 Å². The van der Waals surface area contributed by atoms with Gasteiger partial charge in [-0.3, -0.25) is 4.68 Å². The summed E-state index contributed by atoms with van der Waals surface area (Å²) in [6, 6.07) is 8.36. The highest BCUT2D eigenvalue weighted by molar-refractivity contribution is 7.99. The summed E-state index contributed by atoms with van der Waals surface area (Å²) in [5.74, 6) is 0.917. The fourth-order valence-electron chi connectivity index (χ4n) is 1.90. The second-order valence-electron chi connectivity index (χ2n) is 5.91. The number of thioether (sulfide) groups is 1. The normalized spacial score (nSPS) is 11.4. The zero-order valence-corrected chi connectivity index (χ0v) is 13.8. The molecule has 0 atom stereocenters. The molecule has 1 aromatic carbocycles. The predicted molar refractivity (Wildman–Crippen MR) is 91.9 cm³/mol. The monoisotopic (exact) mass is 301 g/mol. The van der Waals surface area contributed by atoms with E-state index < -0.39 is 0 Å². The Kier molecular flexibility index (Phi) is 5.12. The van der Waals surface area contributed by atoms with Crippen molar-refractivity contribution in [2.75, 3.05) is 11.1 Å². The van der Waals surface area contributed by atoms with Crippen LogP contribution in [0.15, 0.2) is 54.2 Å². The van der Waals surface area contributed by atoms with Crippen LogP contribution in [0.4, 0.5) is 5.69 Å². The van der Waals surface area contributed by atoms with Crippen LogP contribution < -0.4 is 5.32 Å². The van der Waals surface area contributed by atoms with Crippen molar-refractivity contribution in [2.24, 2.45) is 0 Å². The minimum absolute atomic E-state index is 0.0238. The van der Waals surface area contributed by atoms with Crippen molar-refractivity contribution in [2.45, 2.75) is 37.8 Å². The van der Waals surface area contributed by atoms with Gasteiger partial charge in [-0.15, -0.1) is 18.3 Å². The summed E-state index contributed by atoms with van der Waals surface area (Å²) in [5.41, 5.74) is 2.37. The highest BCUT2D eigenvalue weighted by atomic mass is 32.2. The number of nitrogens with zero attached hydrogens (tertiary/aromatic N) is 2. The van der Waals surface area contributed by atoms with Crippen molar-refractivity contribution in [3.8, 4) is 0 Å². The van der Waals surface area contributed by atoms with Gasteiger partial charge in [-0.05, 0) is 32.9 Å². The molecule has 0 radical (unpaired) electrons. The Balaban J connectivity index is 2.03. The lowest BCUT2D eigenvalue weighted by Crippen LogP contribution is -2.21. The summed E-state index contributed by atoms with van der Waals surface area (Å²) in [6.07, 6.45) is 5.96. The lowest BCUT2D eigenvalue weighted by atomic mass is 10.1. The number of nitrogens with one attached hydrogen (secondary N) is 1. The maximum Gasteiger partial charge on any atom is 0.0543 e. The number of aromatic nitrogens is 2. The van der Waals surface area contributed by atoms with Crippen LogP contribution in [-0.2, 0) is 12.1 Å². The topological polar surface area (TPSA) is 29.9 Å². The summed E-state index contributed by atoms with van der Waals surface area (Å²) in [6.45, 7) is 11.0. The van der Waals surface area contributed by atoms with Crippen LogP contribution in [-0.4, -0.2) is 15.5 Å². The van der Waals surface area contributed by atoms with Crippen molar-refractivity contribution in [3.63, 3.8) is 0 Å². The number of rotatable bonds is 6. The van der Waals surface area contributed by atoms with Crippen molar-refractivity contribution >= 4 is 17.4 Å². The summed E-state index contributed by atoms with van der Waals surface area (Å²) < 4.78 is 2.00. The second-order valence-corrected chi connectivity index (χ2v) is 6.98. The van der Waals surface area contributed by atoms with E-state index in [1.54, 1.807) is 11.8 Å². The second kappa shape index (κ2) is 6.85. The molecule has 0 saturated heterocycles. The van der Waals surface area contributed by atoms with Crippen LogP contribution >= 0.6 is 11.8 Å². The molecule has 2 aromatic rings. The molecular formula is C17H23N3S. The quantitative estimate of drug-likeness (QED) is 0.628. The van der Waals surface area contributed by atoms with Crippen molar-refractivity contribution < 1.29 is 0 Å². The first-order valence-electron chi connectivity index (χ1n) is 7.11. The molecule has 4 heteroatoms. The molecule has 0 aliphatic heterocycles. The Hall–Kier alpha value is -1.68. The number of anilines is 1. The largest absolute Gasteiger partial charge is 0.380 e. The van der Waals surface area contributed by atoms with Crippen LogP contribution in [0.1, 0.15) is 26.3 Å². The first-order valence-corrected chi connectivity index (χ1v) is 8.10. The van der Waals surface area contributed by atoms with Crippen LogP contribution in [0.3, 0.4) is 0 Å². The van der Waals surface area contributed by atoms with E-state index in [9.17, 15) is 0 Å². The van der Waals surface area contributed by atoms with Gasteiger partial charge in [0.1, 0.15) is 0 Å². The Bertz CT molecular complexity index is 596. The number of benzene rings is 1. The molecule has 2 rings (SSSR count). The minimum Gasteiger partial charge on any atom is -0.380 e. The number of hydrogen-bond acceptors (Lipinski definition) is 3. The van der Waals surface area contributed by atoms with Crippen molar-refractivity contribution in [1.29, 1.82) is 0 Å². The Morgan fingerprint density at radius 1 is 1.33 bits per heavy atom. The maximum atomic E-state index is 4.43. The Labute approximate surface area is 131 Å². The van der Waals surface area contributed by atoms with Gasteiger partial charge >= 0.3 is 0 Å². The zero-order chi connectivity index (χ0) is 15.3. The summed E-state index contributed by atoms with van der Waals surface area (Å²) in [5, 5.41) is 7.92. The average molecular weight is 301 g/mol. The van der Waals surface area contributed by atoms with E-state index in [2.05, 4.69) is 68.2 Å². The lowest BCUT2D eigenvalue weighted by molar-refractivity contribution is 0.355. The fourth-order valence-corrected chi connectivity index (χ4v) is 2.67. The van der Waals surface area contributed by atoms with Gasteiger partial charge < -0.3 is 5.32 Å². The first-order chi connectivity index (χ1) is 10.0. The maximum absolute atomic E-state index is 4.43. The van der Waals surface area contributed by atoms with Crippen LogP contribution in [0.25, 0.3) is 0 Å². The summed E-state index contributed by atoms with van der Waals surface area (Å²) in [7, 11) is 0. The third-order valence-corrected chi connectivity index (χ3v) is 4.12. The standard InChI is InChI=1S/C17H23N3S/c1-5-10-21-16-9-7-6-8-15(16)18-11-14-12-19-20(13-14)17(2,3)4/h5-9,12-13,18H,1,10-11H2,2-4H3. The number of hydrogen-bond donors (Lipinski definition) is 1. The van der Waals surface area contributed by atoms with E-state index in [4.69, 9.17) is 0 Å². The minimum atomic E-state index is 0.0238. The van der Waals surface area contributed by atoms with E-state index in [1.165, 1.54) is 10.5 Å². The molecular weight excluding hydrogens is 278 g/mol. The molecule has 3 nitrogen and oxygen atoms in total. The SMILES string of the molecule is C=CCSc1ccccc1NCc1cnn(C(C)(C)C)c1. The van der Waals surface area contributed by atoms with Crippen molar-refractivity contribution in [3.05, 3.63) is 54.9 Å². The molecule has 0 saturated carbocycles. The third-order valence-electron chi connectivity index (χ3n) is 3.05. The van der Waals surface area contributed by atoms with Gasteiger partial charge in [-0.25, -0.2) is 0 Å². The van der Waals surface area contributed by atoms with Crippen LogP contribution in [0, 0.1) is 0 Å². The van der Waals surface area contributed by atoms with Gasteiger partial charge in [0.15, 0.2) is 0 Å². The molecule has 0 aliphatic carbocycles. The molecule has 0 aliphatic rings. The van der Waals surface area contributed by atoms with Gasteiger partial charge in [0.2, 0.25) is 0 Å². The summed E-state index contributed by atoms with van der Waals surface area (Å²) in [4.78, 5) is 1.25. The Morgan fingerprint density at radius 3 is 2.76 bits per heavy atom. The zero-order valence-electron chi connectivity index (χ0n) is 13.0. The van der Waals surface area contributed by atoms with E-state index in [1.807, 2.05) is 17.0 Å². The van der Waals surface area contributed by atoms with E-state index in [0.717, 1.165) is 18.0 Å². The van der Waals surface area contributed by atoms with E-state index >= 15 is 0 Å². The molecule has 1 aromatic heterocycles. The highest BCUT2D eigenvalue weighted by Crippen LogP contribution is 2.27. The Morgan fingerprint density at radius 2 is 2.10 bits per heavy atom. The molecule has 1 heterocycles. The molecule has 112 valence electrons. The first kappa shape index (κ1) is 15.7. The van der Waals surface area contributed by atoms with Gasteiger partial charge in [-0.2, -0.15) is 5.10 Å². The number of para-hydroxylation sites is 1. The van der Waals surface area contributed by atoms with Crippen LogP contribution in [0.5, 0.6) is 0 Å². The molecule has 1 N–H and O–H groups in total. The van der Waals surface area contributed by atoms with Crippen molar-refractivity contribution in [1.82, 2.24) is 9.78 Å². The average Bonchev–Trinajstić information content (AvgIpc) is 2.92. The molecule has 21 heavy (non-hydrogen) atoms. The smallest absolute Gasteiger partial charge is 0.0543 e. The van der Waals surface area contributed by atoms with Gasteiger partial charge in [0.05, 0.1) is 11.7 Å². The molecule has 0 fully saturated rings. The van der Waals surface area contributed by atoms with Gasteiger partial charge in [0, 0.05) is 34.6 Å². The van der Waals surface area contributed by atoms with E-state index in [0.29, 0.717) is 0 Å². The molecule has 0 spiro atoms. The molecule has 0 unspecified atom stereocenters. The lowest BCUT2D eigenvalue weighted by Gasteiger charge is -2.18.